The van der Waals surface area contributed by atoms with Gasteiger partial charge in [-0.1, -0.05) is 17.8 Å². The summed E-state index contributed by atoms with van der Waals surface area (Å²) in [6, 6.07) is 8.28. The van der Waals surface area contributed by atoms with E-state index in [1.165, 1.54) is 36.0 Å². The summed E-state index contributed by atoms with van der Waals surface area (Å²) >= 11 is 1.34. The molecule has 1 N–H and O–H groups in total. The number of hydrogen-bond donors (Lipinski definition) is 1. The van der Waals surface area contributed by atoms with E-state index in [4.69, 9.17) is 5.11 Å². The fourth-order valence-electron chi connectivity index (χ4n) is 4.07. The predicted octanol–water partition coefficient (Wildman–Crippen LogP) is 4.20. The van der Waals surface area contributed by atoms with E-state index in [-0.39, 0.29) is 18.5 Å². The van der Waals surface area contributed by atoms with E-state index >= 15 is 0 Å². The van der Waals surface area contributed by atoms with E-state index in [0.29, 0.717) is 31.6 Å². The van der Waals surface area contributed by atoms with Crippen molar-refractivity contribution in [1.29, 1.82) is 0 Å². The van der Waals surface area contributed by atoms with Crippen LogP contribution in [0, 0.1) is 5.82 Å². The molecule has 2 aliphatic rings. The number of nitrogens with zero attached hydrogens (tertiary/aromatic N) is 2. The highest BCUT2D eigenvalue weighted by atomic mass is 32.2. The molecule has 1 fully saturated rings. The minimum absolute atomic E-state index is 0.0940. The van der Waals surface area contributed by atoms with Crippen molar-refractivity contribution in [2.45, 2.75) is 28.4 Å². The number of benzene rings is 2. The van der Waals surface area contributed by atoms with Gasteiger partial charge >= 0.3 is 6.18 Å². The summed E-state index contributed by atoms with van der Waals surface area (Å²) in [5.41, 5.74) is 0.943. The molecule has 1 unspecified atom stereocenters. The largest absolute Gasteiger partial charge is 0.416 e. The van der Waals surface area contributed by atoms with Gasteiger partial charge in [0, 0.05) is 48.6 Å². The van der Waals surface area contributed by atoms with Gasteiger partial charge in [-0.15, -0.1) is 0 Å². The number of aliphatic hydroxyl groups is 1. The van der Waals surface area contributed by atoms with Crippen molar-refractivity contribution in [2.75, 3.05) is 39.3 Å². The quantitative estimate of drug-likeness (QED) is 0.745. The molecule has 3 nitrogen and oxygen atoms in total. The van der Waals surface area contributed by atoms with Crippen LogP contribution in [0.25, 0.3) is 0 Å². The molecule has 2 aromatic carbocycles. The van der Waals surface area contributed by atoms with E-state index in [1.807, 2.05) is 0 Å². The zero-order chi connectivity index (χ0) is 20.6. The number of aliphatic hydroxyl groups excluding tert-OH is 1. The molecule has 0 bridgehead atoms. The summed E-state index contributed by atoms with van der Waals surface area (Å²) in [7, 11) is 0. The lowest BCUT2D eigenvalue weighted by atomic mass is 9.95. The van der Waals surface area contributed by atoms with E-state index in [1.54, 1.807) is 6.07 Å². The molecule has 0 aromatic heterocycles. The molecule has 0 saturated carbocycles. The lowest BCUT2D eigenvalue weighted by molar-refractivity contribution is -0.137. The Kier molecular flexibility index (Phi) is 5.88. The highest BCUT2D eigenvalue weighted by molar-refractivity contribution is 7.99. The molecule has 4 rings (SSSR count). The second kappa shape index (κ2) is 8.26. The van der Waals surface area contributed by atoms with Gasteiger partial charge in [0.2, 0.25) is 0 Å². The maximum Gasteiger partial charge on any atom is 0.416 e. The van der Waals surface area contributed by atoms with Crippen LogP contribution in [0.4, 0.5) is 17.6 Å². The van der Waals surface area contributed by atoms with Crippen molar-refractivity contribution >= 4 is 11.8 Å². The standard InChI is InChI=1S/C21H22F4N2OS/c22-16-3-1-14-11-18(27-7-5-26(6-8-27)9-10-28)17-12-15(21(23,24)25)2-4-19(17)29-20(14)13-16/h1-4,12-13,18,28H,5-11H2. The van der Waals surface area contributed by atoms with Crippen LogP contribution < -0.4 is 0 Å². The summed E-state index contributed by atoms with van der Waals surface area (Å²) in [5.74, 6) is -0.347. The molecule has 0 aliphatic carbocycles. The van der Waals surface area contributed by atoms with Crippen LogP contribution in [0.1, 0.15) is 22.7 Å². The Labute approximate surface area is 171 Å². The smallest absolute Gasteiger partial charge is 0.395 e. The fraction of sp³-hybridized carbons (Fsp3) is 0.429. The Morgan fingerprint density at radius 2 is 1.76 bits per heavy atom. The Bertz CT molecular complexity index is 881. The normalized spacial score (nSPS) is 20.8. The van der Waals surface area contributed by atoms with Crippen LogP contribution in [0.5, 0.6) is 0 Å². The second-order valence-electron chi connectivity index (χ2n) is 7.43. The molecule has 8 heteroatoms. The third kappa shape index (κ3) is 4.45. The Hall–Kier alpha value is -1.61. The molecular formula is C21H22F4N2OS. The SMILES string of the molecule is OCCN1CCN(C2Cc3ccc(F)cc3Sc3ccc(C(F)(F)F)cc32)CC1. The minimum Gasteiger partial charge on any atom is -0.395 e. The van der Waals surface area contributed by atoms with E-state index in [0.717, 1.165) is 34.5 Å². The number of piperazine rings is 1. The van der Waals surface area contributed by atoms with Gasteiger partial charge in [0.05, 0.1) is 12.2 Å². The van der Waals surface area contributed by atoms with Crippen LogP contribution >= 0.6 is 11.8 Å². The van der Waals surface area contributed by atoms with Crippen LogP contribution in [-0.2, 0) is 12.6 Å². The summed E-state index contributed by atoms with van der Waals surface area (Å²) in [4.78, 5) is 5.86. The molecule has 2 heterocycles. The van der Waals surface area contributed by atoms with Crippen molar-refractivity contribution < 1.29 is 22.7 Å². The lowest BCUT2D eigenvalue weighted by Crippen LogP contribution is -2.48. The number of fused-ring (bicyclic) bond motifs is 2. The Morgan fingerprint density at radius 1 is 1.00 bits per heavy atom. The van der Waals surface area contributed by atoms with Gasteiger partial charge in [0.15, 0.2) is 0 Å². The molecule has 2 aliphatic heterocycles. The van der Waals surface area contributed by atoms with Gasteiger partial charge in [-0.25, -0.2) is 4.39 Å². The fourth-order valence-corrected chi connectivity index (χ4v) is 5.21. The first-order valence-corrected chi connectivity index (χ1v) is 10.4. The van der Waals surface area contributed by atoms with Gasteiger partial charge in [-0.05, 0) is 47.9 Å². The molecule has 0 radical (unpaired) electrons. The van der Waals surface area contributed by atoms with Crippen molar-refractivity contribution in [3.8, 4) is 0 Å². The number of halogens is 4. The molecule has 2 aromatic rings. The van der Waals surface area contributed by atoms with Gasteiger partial charge in [-0.3, -0.25) is 9.80 Å². The van der Waals surface area contributed by atoms with E-state index < -0.39 is 11.7 Å². The van der Waals surface area contributed by atoms with E-state index in [9.17, 15) is 17.6 Å². The van der Waals surface area contributed by atoms with Gasteiger partial charge in [0.1, 0.15) is 5.82 Å². The molecule has 1 atom stereocenters. The van der Waals surface area contributed by atoms with Crippen molar-refractivity contribution in [2.24, 2.45) is 0 Å². The summed E-state index contributed by atoms with van der Waals surface area (Å²) < 4.78 is 53.9. The lowest BCUT2D eigenvalue weighted by Gasteiger charge is -2.39. The van der Waals surface area contributed by atoms with Crippen molar-refractivity contribution in [1.82, 2.24) is 9.80 Å². The summed E-state index contributed by atoms with van der Waals surface area (Å²) in [6.07, 6.45) is -3.87. The third-order valence-corrected chi connectivity index (χ3v) is 6.81. The first-order chi connectivity index (χ1) is 13.8. The average molecular weight is 426 g/mol. The van der Waals surface area contributed by atoms with E-state index in [2.05, 4.69) is 9.80 Å². The van der Waals surface area contributed by atoms with Gasteiger partial charge < -0.3 is 5.11 Å². The molecule has 1 saturated heterocycles. The molecule has 0 amide bonds. The predicted molar refractivity (Wildman–Crippen MR) is 104 cm³/mol. The zero-order valence-corrected chi connectivity index (χ0v) is 16.6. The maximum absolute atomic E-state index is 13.8. The van der Waals surface area contributed by atoms with Crippen LogP contribution in [0.2, 0.25) is 0 Å². The average Bonchev–Trinajstić information content (AvgIpc) is 2.84. The number of hydrogen-bond acceptors (Lipinski definition) is 4. The topological polar surface area (TPSA) is 26.7 Å². The Morgan fingerprint density at radius 3 is 2.45 bits per heavy atom. The first kappa shape index (κ1) is 20.7. The number of alkyl halides is 3. The van der Waals surface area contributed by atoms with Crippen LogP contribution in [0.15, 0.2) is 46.2 Å². The summed E-state index contributed by atoms with van der Waals surface area (Å²) in [5, 5.41) is 9.14. The highest BCUT2D eigenvalue weighted by Crippen LogP contribution is 2.45. The summed E-state index contributed by atoms with van der Waals surface area (Å²) in [6.45, 7) is 3.63. The molecular weight excluding hydrogens is 404 g/mol. The first-order valence-electron chi connectivity index (χ1n) is 9.60. The number of β-amino-alcohol motifs (C(OH)–C–C–N with tert-alkyl or cyclic N) is 1. The van der Waals surface area contributed by atoms with Crippen LogP contribution in [0.3, 0.4) is 0 Å². The Balaban J connectivity index is 1.72. The van der Waals surface area contributed by atoms with Crippen LogP contribution in [-0.4, -0.2) is 54.2 Å². The molecule has 0 spiro atoms. The maximum atomic E-state index is 13.8. The minimum atomic E-state index is -4.41. The monoisotopic (exact) mass is 426 g/mol. The molecule has 156 valence electrons. The third-order valence-electron chi connectivity index (χ3n) is 5.62. The van der Waals surface area contributed by atoms with Gasteiger partial charge in [-0.2, -0.15) is 13.2 Å². The van der Waals surface area contributed by atoms with Crippen molar-refractivity contribution in [3.05, 3.63) is 58.9 Å². The number of rotatable bonds is 3. The van der Waals surface area contributed by atoms with Gasteiger partial charge in [0.25, 0.3) is 0 Å². The highest BCUT2D eigenvalue weighted by Gasteiger charge is 2.35. The van der Waals surface area contributed by atoms with Crippen molar-refractivity contribution in [3.63, 3.8) is 0 Å². The molecule has 29 heavy (non-hydrogen) atoms. The zero-order valence-electron chi connectivity index (χ0n) is 15.8. The second-order valence-corrected chi connectivity index (χ2v) is 8.51.